The molecule has 102 valence electrons. The molecule has 0 bridgehead atoms. The number of hydrogen-bond acceptors (Lipinski definition) is 3. The summed E-state index contributed by atoms with van der Waals surface area (Å²) >= 11 is 0. The second kappa shape index (κ2) is 5.69. The Bertz CT molecular complexity index is 551. The minimum absolute atomic E-state index is 0.0726. The van der Waals surface area contributed by atoms with E-state index in [1.165, 1.54) is 6.07 Å². The maximum absolute atomic E-state index is 12.8. The molecule has 1 aromatic heterocycles. The number of nitrogens with zero attached hydrogens (tertiary/aromatic N) is 2. The molecule has 0 aliphatic carbocycles. The molecule has 0 saturated heterocycles. The van der Waals surface area contributed by atoms with Crippen LogP contribution in [-0.4, -0.2) is 16.3 Å². The molecule has 0 aliphatic rings. The third kappa shape index (κ3) is 3.43. The summed E-state index contributed by atoms with van der Waals surface area (Å²) in [5.74, 6) is 0. The van der Waals surface area contributed by atoms with E-state index in [0.717, 1.165) is 5.56 Å². The van der Waals surface area contributed by atoms with Crippen molar-refractivity contribution in [2.45, 2.75) is 19.9 Å². The van der Waals surface area contributed by atoms with Gasteiger partial charge in [-0.25, -0.2) is 8.78 Å². The van der Waals surface area contributed by atoms with Crippen LogP contribution in [0.25, 0.3) is 0 Å². The summed E-state index contributed by atoms with van der Waals surface area (Å²) < 4.78 is 27.5. The number of aryl methyl sites for hydroxylation is 1. The second-order valence-corrected chi connectivity index (χ2v) is 4.35. The Labute approximate surface area is 110 Å². The number of rotatable bonds is 5. The van der Waals surface area contributed by atoms with Crippen molar-refractivity contribution in [3.05, 3.63) is 41.7 Å². The lowest BCUT2D eigenvalue weighted by Crippen LogP contribution is -2.12. The number of benzene rings is 1. The summed E-state index contributed by atoms with van der Waals surface area (Å²) in [6.07, 6.45) is 1.12. The van der Waals surface area contributed by atoms with Crippen LogP contribution in [0, 0.1) is 6.92 Å². The van der Waals surface area contributed by atoms with E-state index in [0.29, 0.717) is 24.5 Å². The van der Waals surface area contributed by atoms with Gasteiger partial charge in [-0.05, 0) is 30.7 Å². The Hall–Kier alpha value is -2.11. The largest absolute Gasteiger partial charge is 0.399 e. The zero-order valence-corrected chi connectivity index (χ0v) is 10.6. The predicted octanol–water partition coefficient (Wildman–Crippen LogP) is 2.82. The van der Waals surface area contributed by atoms with Crippen molar-refractivity contribution in [2.24, 2.45) is 0 Å². The topological polar surface area (TPSA) is 55.9 Å². The van der Waals surface area contributed by atoms with E-state index < -0.39 is 6.43 Å². The van der Waals surface area contributed by atoms with Crippen LogP contribution < -0.4 is 11.1 Å². The molecule has 0 unspecified atom stereocenters. The van der Waals surface area contributed by atoms with Gasteiger partial charge in [-0.1, -0.05) is 0 Å². The second-order valence-electron chi connectivity index (χ2n) is 4.35. The van der Waals surface area contributed by atoms with Gasteiger partial charge < -0.3 is 11.1 Å². The van der Waals surface area contributed by atoms with Crippen molar-refractivity contribution in [1.29, 1.82) is 0 Å². The number of anilines is 2. The van der Waals surface area contributed by atoms with Crippen LogP contribution in [0.3, 0.4) is 0 Å². The predicted molar refractivity (Wildman–Crippen MR) is 71.3 cm³/mol. The van der Waals surface area contributed by atoms with Gasteiger partial charge in [0, 0.05) is 29.7 Å². The van der Waals surface area contributed by atoms with Crippen LogP contribution in [0.15, 0.2) is 30.6 Å². The first-order chi connectivity index (χ1) is 9.06. The maximum atomic E-state index is 12.8. The Balaban J connectivity index is 1.99. The first-order valence-corrected chi connectivity index (χ1v) is 5.97. The summed E-state index contributed by atoms with van der Waals surface area (Å²) in [5, 5.41) is 7.11. The average Bonchev–Trinajstić information content (AvgIpc) is 2.77. The third-order valence-electron chi connectivity index (χ3n) is 2.73. The van der Waals surface area contributed by atoms with Crippen LogP contribution in [0.4, 0.5) is 20.2 Å². The fraction of sp³-hybridized carbons (Fsp3) is 0.308. The van der Waals surface area contributed by atoms with Crippen molar-refractivity contribution in [3.8, 4) is 0 Å². The van der Waals surface area contributed by atoms with Gasteiger partial charge in [-0.3, -0.25) is 4.68 Å². The summed E-state index contributed by atoms with van der Waals surface area (Å²) in [5.41, 5.74) is 7.26. The standard InChI is InChI=1S/C13H16F2N4/c1-9-7-18-19(8-9)5-4-17-12-3-2-10(16)6-11(12)13(14)15/h2-3,6-8,13,17H,4-5,16H2,1H3. The Morgan fingerprint density at radius 3 is 2.84 bits per heavy atom. The highest BCUT2D eigenvalue weighted by Gasteiger charge is 2.12. The first kappa shape index (κ1) is 13.3. The SMILES string of the molecule is Cc1cnn(CCNc2ccc(N)cc2C(F)F)c1. The van der Waals surface area contributed by atoms with Gasteiger partial charge in [0.1, 0.15) is 0 Å². The van der Waals surface area contributed by atoms with Crippen molar-refractivity contribution in [2.75, 3.05) is 17.6 Å². The van der Waals surface area contributed by atoms with Gasteiger partial charge in [0.2, 0.25) is 0 Å². The normalized spacial score (nSPS) is 10.9. The van der Waals surface area contributed by atoms with Crippen molar-refractivity contribution in [3.63, 3.8) is 0 Å². The lowest BCUT2D eigenvalue weighted by atomic mass is 10.1. The van der Waals surface area contributed by atoms with Crippen LogP contribution >= 0.6 is 0 Å². The van der Waals surface area contributed by atoms with Gasteiger partial charge in [-0.2, -0.15) is 5.10 Å². The summed E-state index contributed by atoms with van der Waals surface area (Å²) in [4.78, 5) is 0. The van der Waals surface area contributed by atoms with E-state index in [1.807, 2.05) is 13.1 Å². The monoisotopic (exact) mass is 266 g/mol. The molecule has 1 heterocycles. The molecular formula is C13H16F2N4. The zero-order chi connectivity index (χ0) is 13.8. The Kier molecular flexibility index (Phi) is 3.99. The van der Waals surface area contributed by atoms with E-state index >= 15 is 0 Å². The number of nitrogen functional groups attached to an aromatic ring is 1. The van der Waals surface area contributed by atoms with Gasteiger partial charge in [0.15, 0.2) is 0 Å². The molecular weight excluding hydrogens is 250 g/mol. The maximum Gasteiger partial charge on any atom is 0.265 e. The minimum atomic E-state index is -2.54. The molecule has 0 amide bonds. The molecule has 6 heteroatoms. The Morgan fingerprint density at radius 2 is 2.21 bits per heavy atom. The molecule has 4 nitrogen and oxygen atoms in total. The summed E-state index contributed by atoms with van der Waals surface area (Å²) in [6.45, 7) is 3.08. The number of aromatic nitrogens is 2. The molecule has 0 fully saturated rings. The lowest BCUT2D eigenvalue weighted by Gasteiger charge is -2.12. The van der Waals surface area contributed by atoms with Crippen molar-refractivity contribution < 1.29 is 8.78 Å². The van der Waals surface area contributed by atoms with E-state index in [1.54, 1.807) is 23.0 Å². The molecule has 0 saturated carbocycles. The quantitative estimate of drug-likeness (QED) is 0.818. The highest BCUT2D eigenvalue weighted by atomic mass is 19.3. The molecule has 0 spiro atoms. The van der Waals surface area contributed by atoms with Crippen molar-refractivity contribution in [1.82, 2.24) is 9.78 Å². The molecule has 0 aliphatic heterocycles. The third-order valence-corrected chi connectivity index (χ3v) is 2.73. The molecule has 1 aromatic carbocycles. The van der Waals surface area contributed by atoms with Gasteiger partial charge in [-0.15, -0.1) is 0 Å². The van der Waals surface area contributed by atoms with E-state index in [4.69, 9.17) is 5.73 Å². The number of nitrogens with two attached hydrogens (primary N) is 1. The van der Waals surface area contributed by atoms with Crippen LogP contribution in [0.5, 0.6) is 0 Å². The zero-order valence-electron chi connectivity index (χ0n) is 10.6. The van der Waals surface area contributed by atoms with Crippen LogP contribution in [0.1, 0.15) is 17.6 Å². The van der Waals surface area contributed by atoms with Gasteiger partial charge in [0.25, 0.3) is 6.43 Å². The summed E-state index contributed by atoms with van der Waals surface area (Å²) in [7, 11) is 0. The fourth-order valence-electron chi connectivity index (χ4n) is 1.82. The fourth-order valence-corrected chi connectivity index (χ4v) is 1.82. The first-order valence-electron chi connectivity index (χ1n) is 5.97. The highest BCUT2D eigenvalue weighted by Crippen LogP contribution is 2.28. The molecule has 2 rings (SSSR count). The van der Waals surface area contributed by atoms with E-state index in [-0.39, 0.29) is 5.56 Å². The molecule has 0 atom stereocenters. The molecule has 2 aromatic rings. The number of alkyl halides is 2. The molecule has 19 heavy (non-hydrogen) atoms. The number of nitrogens with one attached hydrogen (secondary N) is 1. The smallest absolute Gasteiger partial charge is 0.265 e. The minimum Gasteiger partial charge on any atom is -0.399 e. The number of hydrogen-bond donors (Lipinski definition) is 2. The van der Waals surface area contributed by atoms with Crippen LogP contribution in [0.2, 0.25) is 0 Å². The van der Waals surface area contributed by atoms with Crippen molar-refractivity contribution >= 4 is 11.4 Å². The van der Waals surface area contributed by atoms with Gasteiger partial charge in [0.05, 0.1) is 12.7 Å². The van der Waals surface area contributed by atoms with Gasteiger partial charge >= 0.3 is 0 Å². The highest BCUT2D eigenvalue weighted by molar-refractivity contribution is 5.58. The lowest BCUT2D eigenvalue weighted by molar-refractivity contribution is 0.152. The van der Waals surface area contributed by atoms with Crippen LogP contribution in [-0.2, 0) is 6.54 Å². The van der Waals surface area contributed by atoms with E-state index in [9.17, 15) is 8.78 Å². The molecule has 0 radical (unpaired) electrons. The summed E-state index contributed by atoms with van der Waals surface area (Å²) in [6, 6.07) is 4.47. The average molecular weight is 266 g/mol. The number of halogens is 2. The Morgan fingerprint density at radius 1 is 1.42 bits per heavy atom. The van der Waals surface area contributed by atoms with E-state index in [2.05, 4.69) is 10.4 Å². The molecule has 3 N–H and O–H groups in total.